The van der Waals surface area contributed by atoms with Crippen LogP contribution in [0.2, 0.25) is 5.02 Å². The Bertz CT molecular complexity index is 1010. The zero-order valence-corrected chi connectivity index (χ0v) is 20.3. The van der Waals surface area contributed by atoms with Crippen molar-refractivity contribution in [2.24, 2.45) is 5.10 Å². The summed E-state index contributed by atoms with van der Waals surface area (Å²) in [5, 5.41) is 13.6. The van der Waals surface area contributed by atoms with E-state index in [1.54, 1.807) is 17.0 Å². The number of carbonyl (C=O) groups excluding carboxylic acids is 1. The van der Waals surface area contributed by atoms with Crippen LogP contribution in [0.25, 0.3) is 0 Å². The number of aromatic nitrogens is 1. The number of pyridine rings is 1. The quantitative estimate of drug-likeness (QED) is 0.397. The summed E-state index contributed by atoms with van der Waals surface area (Å²) in [4.78, 5) is 19.7. The lowest BCUT2D eigenvalue weighted by Crippen LogP contribution is -2.49. The fourth-order valence-corrected chi connectivity index (χ4v) is 4.52. The van der Waals surface area contributed by atoms with Gasteiger partial charge in [0.2, 0.25) is 0 Å². The minimum atomic E-state index is -4.50. The highest BCUT2D eigenvalue weighted by Gasteiger charge is 2.32. The molecular formula is C19H17Br2ClF3N5O2. The Kier molecular flexibility index (Phi) is 8.01. The number of amides is 1. The van der Waals surface area contributed by atoms with Crippen molar-refractivity contribution in [1.29, 1.82) is 0 Å². The zero-order valence-electron chi connectivity index (χ0n) is 16.3. The van der Waals surface area contributed by atoms with E-state index in [-0.39, 0.29) is 23.2 Å². The van der Waals surface area contributed by atoms with Gasteiger partial charge >= 0.3 is 6.18 Å². The topological polar surface area (TPSA) is 81.1 Å². The number of carbonyl (C=O) groups is 1. The van der Waals surface area contributed by atoms with Gasteiger partial charge in [-0.15, -0.1) is 0 Å². The number of phenols is 1. The number of hydrogen-bond donors (Lipinski definition) is 2. The summed E-state index contributed by atoms with van der Waals surface area (Å²) in [6.07, 6.45) is -2.29. The molecule has 1 aromatic heterocycles. The normalized spacial score (nSPS) is 15.4. The Morgan fingerprint density at radius 2 is 1.84 bits per heavy atom. The molecule has 7 nitrogen and oxygen atoms in total. The van der Waals surface area contributed by atoms with Crippen molar-refractivity contribution in [2.45, 2.75) is 6.18 Å². The van der Waals surface area contributed by atoms with Crippen LogP contribution in [-0.4, -0.2) is 59.8 Å². The standard InChI is InChI=1S/C19H17Br2ClF3N5O2/c20-13-5-11(6-14(21)17(13)32)8-27-28-16(31)10-29-1-3-30(4-2-29)18-15(22)7-12(9-26-18)19(23,24)25/h5-9,32H,1-4,10H2,(H,28,31)/b27-8+. The number of piperazine rings is 1. The van der Waals surface area contributed by atoms with Gasteiger partial charge in [-0.3, -0.25) is 9.69 Å². The van der Waals surface area contributed by atoms with E-state index in [0.717, 1.165) is 12.3 Å². The fourth-order valence-electron chi connectivity index (χ4n) is 3.01. The average Bonchev–Trinajstić information content (AvgIpc) is 2.72. The van der Waals surface area contributed by atoms with Crippen LogP contribution >= 0.6 is 43.5 Å². The third-order valence-electron chi connectivity index (χ3n) is 4.63. The van der Waals surface area contributed by atoms with Crippen molar-refractivity contribution >= 4 is 61.4 Å². The van der Waals surface area contributed by atoms with E-state index in [9.17, 15) is 23.1 Å². The van der Waals surface area contributed by atoms with Crippen molar-refractivity contribution in [3.05, 3.63) is 49.5 Å². The van der Waals surface area contributed by atoms with Crippen LogP contribution in [0.15, 0.2) is 38.4 Å². The number of nitrogens with one attached hydrogen (secondary N) is 1. The minimum absolute atomic E-state index is 0.0622. The number of benzene rings is 1. The Labute approximate surface area is 203 Å². The molecule has 0 atom stereocenters. The van der Waals surface area contributed by atoms with Crippen LogP contribution in [-0.2, 0) is 11.0 Å². The molecule has 1 amide bonds. The van der Waals surface area contributed by atoms with Crippen LogP contribution in [0.4, 0.5) is 19.0 Å². The largest absolute Gasteiger partial charge is 0.506 e. The molecule has 13 heteroatoms. The number of phenolic OH excluding ortho intramolecular Hbond substituents is 1. The minimum Gasteiger partial charge on any atom is -0.506 e. The molecular weight excluding hydrogens is 582 g/mol. The van der Waals surface area contributed by atoms with Crippen molar-refractivity contribution in [3.63, 3.8) is 0 Å². The maximum Gasteiger partial charge on any atom is 0.417 e. The third-order valence-corrected chi connectivity index (χ3v) is 6.12. The number of nitrogens with zero attached hydrogens (tertiary/aromatic N) is 4. The lowest BCUT2D eigenvalue weighted by Gasteiger charge is -2.35. The van der Waals surface area contributed by atoms with Gasteiger partial charge in [0.05, 0.1) is 32.3 Å². The van der Waals surface area contributed by atoms with E-state index in [4.69, 9.17) is 11.6 Å². The molecule has 1 aromatic carbocycles. The Hall–Kier alpha value is -1.89. The molecule has 1 saturated heterocycles. The third kappa shape index (κ3) is 6.33. The lowest BCUT2D eigenvalue weighted by molar-refractivity contribution is -0.137. The summed E-state index contributed by atoms with van der Waals surface area (Å²) >= 11 is 12.4. The highest BCUT2D eigenvalue weighted by molar-refractivity contribution is 9.11. The predicted molar refractivity (Wildman–Crippen MR) is 122 cm³/mol. The molecule has 1 aliphatic heterocycles. The van der Waals surface area contributed by atoms with Gasteiger partial charge < -0.3 is 10.0 Å². The molecule has 0 aliphatic carbocycles. The number of rotatable bonds is 5. The zero-order chi connectivity index (χ0) is 23.5. The molecule has 1 aliphatic rings. The second-order valence-electron chi connectivity index (χ2n) is 6.92. The molecule has 1 fully saturated rings. The second kappa shape index (κ2) is 10.4. The lowest BCUT2D eigenvalue weighted by atomic mass is 10.2. The molecule has 0 spiro atoms. The molecule has 0 saturated carbocycles. The summed E-state index contributed by atoms with van der Waals surface area (Å²) in [5.41, 5.74) is 2.22. The highest BCUT2D eigenvalue weighted by Crippen LogP contribution is 2.34. The first kappa shape index (κ1) is 24.7. The Morgan fingerprint density at radius 3 is 2.41 bits per heavy atom. The molecule has 172 valence electrons. The van der Waals surface area contributed by atoms with Gasteiger partial charge in [0.1, 0.15) is 11.6 Å². The molecule has 32 heavy (non-hydrogen) atoms. The molecule has 2 N–H and O–H groups in total. The van der Waals surface area contributed by atoms with Crippen LogP contribution in [0.5, 0.6) is 5.75 Å². The smallest absolute Gasteiger partial charge is 0.417 e. The van der Waals surface area contributed by atoms with E-state index in [0.29, 0.717) is 46.5 Å². The first-order chi connectivity index (χ1) is 15.0. The van der Waals surface area contributed by atoms with Gasteiger partial charge in [-0.05, 0) is 55.6 Å². The van der Waals surface area contributed by atoms with Gasteiger partial charge in [-0.2, -0.15) is 18.3 Å². The van der Waals surface area contributed by atoms with Crippen LogP contribution in [0.1, 0.15) is 11.1 Å². The van der Waals surface area contributed by atoms with Gasteiger partial charge in [0.15, 0.2) is 0 Å². The summed E-state index contributed by atoms with van der Waals surface area (Å²) in [5.74, 6) is 0.0509. The van der Waals surface area contributed by atoms with Crippen LogP contribution in [0, 0.1) is 0 Å². The van der Waals surface area contributed by atoms with Crippen molar-refractivity contribution in [3.8, 4) is 5.75 Å². The van der Waals surface area contributed by atoms with E-state index >= 15 is 0 Å². The number of anilines is 1. The highest BCUT2D eigenvalue weighted by atomic mass is 79.9. The molecule has 2 heterocycles. The molecule has 0 unspecified atom stereocenters. The Balaban J connectivity index is 1.49. The molecule has 2 aromatic rings. The second-order valence-corrected chi connectivity index (χ2v) is 9.03. The first-order valence-electron chi connectivity index (χ1n) is 9.24. The molecule has 0 bridgehead atoms. The van der Waals surface area contributed by atoms with Crippen molar-refractivity contribution < 1.29 is 23.1 Å². The summed E-state index contributed by atoms with van der Waals surface area (Å²) in [6.45, 7) is 2.05. The van der Waals surface area contributed by atoms with Crippen LogP contribution < -0.4 is 10.3 Å². The maximum atomic E-state index is 12.8. The van der Waals surface area contributed by atoms with Gasteiger partial charge in [0, 0.05) is 32.4 Å². The van der Waals surface area contributed by atoms with Gasteiger partial charge in [-0.1, -0.05) is 11.6 Å². The van der Waals surface area contributed by atoms with Crippen molar-refractivity contribution in [2.75, 3.05) is 37.6 Å². The number of aromatic hydroxyl groups is 1. The van der Waals surface area contributed by atoms with Gasteiger partial charge in [-0.25, -0.2) is 10.4 Å². The summed E-state index contributed by atoms with van der Waals surface area (Å²) < 4.78 is 39.3. The number of hydrogen-bond acceptors (Lipinski definition) is 6. The predicted octanol–water partition coefficient (Wildman–Crippen LogP) is 4.26. The number of hydrazone groups is 1. The van der Waals surface area contributed by atoms with Crippen molar-refractivity contribution in [1.82, 2.24) is 15.3 Å². The average molecular weight is 600 g/mol. The van der Waals surface area contributed by atoms with E-state index in [1.807, 2.05) is 4.90 Å². The molecule has 0 radical (unpaired) electrons. The first-order valence-corrected chi connectivity index (χ1v) is 11.2. The van der Waals surface area contributed by atoms with E-state index < -0.39 is 11.7 Å². The van der Waals surface area contributed by atoms with Crippen LogP contribution in [0.3, 0.4) is 0 Å². The monoisotopic (exact) mass is 597 g/mol. The summed E-state index contributed by atoms with van der Waals surface area (Å²) in [7, 11) is 0. The number of alkyl halides is 3. The summed E-state index contributed by atoms with van der Waals surface area (Å²) in [6, 6.07) is 4.16. The Morgan fingerprint density at radius 1 is 1.22 bits per heavy atom. The SMILES string of the molecule is O=C(CN1CCN(c2ncc(C(F)(F)F)cc2Cl)CC1)N/N=C/c1cc(Br)c(O)c(Br)c1. The van der Waals surface area contributed by atoms with E-state index in [1.165, 1.54) is 6.21 Å². The fraction of sp³-hybridized carbons (Fsp3) is 0.316. The number of halogens is 6. The van der Waals surface area contributed by atoms with E-state index in [2.05, 4.69) is 47.4 Å². The molecule has 3 rings (SSSR count). The van der Waals surface area contributed by atoms with Gasteiger partial charge in [0.25, 0.3) is 5.91 Å². The maximum absolute atomic E-state index is 12.8.